The Morgan fingerprint density at radius 2 is 1.69 bits per heavy atom. The third-order valence-corrected chi connectivity index (χ3v) is 7.57. The number of nitrogens with zero attached hydrogens (tertiary/aromatic N) is 1. The molecule has 0 atom stereocenters. The largest absolute Gasteiger partial charge is 0.393 e. The van der Waals surface area contributed by atoms with Crippen molar-refractivity contribution in [1.29, 1.82) is 0 Å². The van der Waals surface area contributed by atoms with E-state index in [2.05, 4.69) is 5.32 Å². The molecule has 0 saturated heterocycles. The van der Waals surface area contributed by atoms with Gasteiger partial charge in [0.05, 0.1) is 16.8 Å². The molecule has 0 heterocycles. The van der Waals surface area contributed by atoms with E-state index in [0.717, 1.165) is 4.31 Å². The number of hydrogen-bond donors (Lipinski definition) is 2. The molecule has 0 spiro atoms. The highest BCUT2D eigenvalue weighted by molar-refractivity contribution is 7.93. The maximum Gasteiger partial charge on any atom is 0.265 e. The second-order valence-electron chi connectivity index (χ2n) is 7.07. The molecule has 0 aliphatic heterocycles. The molecular formula is C20H22Cl2N2O4S. The average Bonchev–Trinajstić information content (AvgIpc) is 2.70. The van der Waals surface area contributed by atoms with Gasteiger partial charge in [0.15, 0.2) is 0 Å². The first-order chi connectivity index (χ1) is 13.7. The van der Waals surface area contributed by atoms with Crippen molar-refractivity contribution in [1.82, 2.24) is 5.32 Å². The van der Waals surface area contributed by atoms with Crippen LogP contribution in [0.3, 0.4) is 0 Å². The lowest BCUT2D eigenvalue weighted by atomic mass is 9.93. The minimum absolute atomic E-state index is 0.0307. The van der Waals surface area contributed by atoms with Gasteiger partial charge >= 0.3 is 0 Å². The van der Waals surface area contributed by atoms with Crippen molar-refractivity contribution in [3.8, 4) is 0 Å². The van der Waals surface area contributed by atoms with Gasteiger partial charge in [0.25, 0.3) is 15.9 Å². The SMILES string of the molecule is CN(c1ccc(Cl)cc1)S(=O)(=O)c1cc(C(=O)NC2CCC(O)CC2)ccc1Cl. The number of carbonyl (C=O) groups excluding carboxylic acids is 1. The van der Waals surface area contributed by atoms with E-state index < -0.39 is 10.0 Å². The summed E-state index contributed by atoms with van der Waals surface area (Å²) in [5.74, 6) is -0.367. The summed E-state index contributed by atoms with van der Waals surface area (Å²) in [7, 11) is -2.58. The molecule has 1 aliphatic rings. The molecule has 1 amide bonds. The minimum Gasteiger partial charge on any atom is -0.393 e. The fourth-order valence-electron chi connectivity index (χ4n) is 3.27. The molecular weight excluding hydrogens is 435 g/mol. The third kappa shape index (κ3) is 5.04. The van der Waals surface area contributed by atoms with Crippen LogP contribution in [0.4, 0.5) is 5.69 Å². The standard InChI is InChI=1S/C20H22Cl2N2O4S/c1-24(16-7-3-14(21)4-8-16)29(27,28)19-12-13(2-11-18(19)22)20(26)23-15-5-9-17(25)10-6-15/h2-4,7-8,11-12,15,17,25H,5-6,9-10H2,1H3,(H,23,26). The van der Waals surface area contributed by atoms with Crippen LogP contribution in [0.5, 0.6) is 0 Å². The molecule has 1 aliphatic carbocycles. The number of aliphatic hydroxyl groups excluding tert-OH is 1. The second kappa shape index (κ2) is 8.92. The van der Waals surface area contributed by atoms with Gasteiger partial charge in [-0.1, -0.05) is 23.2 Å². The van der Waals surface area contributed by atoms with Gasteiger partial charge in [-0.05, 0) is 68.1 Å². The van der Waals surface area contributed by atoms with Gasteiger partial charge < -0.3 is 10.4 Å². The maximum atomic E-state index is 13.1. The molecule has 0 radical (unpaired) electrons. The zero-order valence-corrected chi connectivity index (χ0v) is 18.1. The summed E-state index contributed by atoms with van der Waals surface area (Å²) < 4.78 is 27.3. The number of rotatable bonds is 5. The summed E-state index contributed by atoms with van der Waals surface area (Å²) in [5, 5.41) is 13.0. The fraction of sp³-hybridized carbons (Fsp3) is 0.350. The maximum absolute atomic E-state index is 13.1. The van der Waals surface area contributed by atoms with Gasteiger partial charge in [0.2, 0.25) is 0 Å². The van der Waals surface area contributed by atoms with E-state index in [9.17, 15) is 18.3 Å². The Balaban J connectivity index is 1.84. The zero-order chi connectivity index (χ0) is 21.2. The Hall–Kier alpha value is -1.80. The predicted octanol–water partition coefficient (Wildman–Crippen LogP) is 3.85. The number of nitrogens with one attached hydrogen (secondary N) is 1. The van der Waals surface area contributed by atoms with Crippen LogP contribution in [0.2, 0.25) is 10.0 Å². The van der Waals surface area contributed by atoms with Crippen LogP contribution < -0.4 is 9.62 Å². The Morgan fingerprint density at radius 3 is 2.31 bits per heavy atom. The third-order valence-electron chi connectivity index (χ3n) is 5.05. The summed E-state index contributed by atoms with van der Waals surface area (Å²) in [6, 6.07) is 10.5. The first-order valence-corrected chi connectivity index (χ1v) is 11.4. The second-order valence-corrected chi connectivity index (χ2v) is 9.85. The van der Waals surface area contributed by atoms with Gasteiger partial charge in [-0.25, -0.2) is 8.42 Å². The molecule has 29 heavy (non-hydrogen) atoms. The van der Waals surface area contributed by atoms with Crippen molar-refractivity contribution >= 4 is 44.8 Å². The molecule has 2 aromatic carbocycles. The average molecular weight is 457 g/mol. The molecule has 9 heteroatoms. The number of benzene rings is 2. The monoisotopic (exact) mass is 456 g/mol. The summed E-state index contributed by atoms with van der Waals surface area (Å²) >= 11 is 12.0. The van der Waals surface area contributed by atoms with Crippen LogP contribution in [-0.2, 0) is 10.0 Å². The summed E-state index contributed by atoms with van der Waals surface area (Å²) in [5.41, 5.74) is 0.629. The molecule has 3 rings (SSSR count). The van der Waals surface area contributed by atoms with E-state index in [0.29, 0.717) is 36.4 Å². The molecule has 1 fully saturated rings. The van der Waals surface area contributed by atoms with E-state index in [4.69, 9.17) is 23.2 Å². The van der Waals surface area contributed by atoms with Crippen molar-refractivity contribution in [2.45, 2.75) is 42.7 Å². The van der Waals surface area contributed by atoms with E-state index in [1.165, 1.54) is 25.2 Å². The Kier molecular flexibility index (Phi) is 6.73. The van der Waals surface area contributed by atoms with Crippen molar-refractivity contribution in [2.75, 3.05) is 11.4 Å². The van der Waals surface area contributed by atoms with E-state index in [-0.39, 0.29) is 33.5 Å². The molecule has 2 N–H and O–H groups in total. The van der Waals surface area contributed by atoms with Crippen LogP contribution in [0, 0.1) is 0 Å². The van der Waals surface area contributed by atoms with Gasteiger partial charge in [-0.3, -0.25) is 9.10 Å². The highest BCUT2D eigenvalue weighted by atomic mass is 35.5. The van der Waals surface area contributed by atoms with E-state index in [1.807, 2.05) is 0 Å². The van der Waals surface area contributed by atoms with Crippen molar-refractivity contribution in [3.63, 3.8) is 0 Å². The van der Waals surface area contributed by atoms with Crippen LogP contribution in [0.25, 0.3) is 0 Å². The molecule has 0 aromatic heterocycles. The highest BCUT2D eigenvalue weighted by Gasteiger charge is 2.26. The summed E-state index contributed by atoms with van der Waals surface area (Å²) in [6.07, 6.45) is 2.32. The smallest absolute Gasteiger partial charge is 0.265 e. The van der Waals surface area contributed by atoms with Crippen molar-refractivity contribution in [3.05, 3.63) is 58.1 Å². The topological polar surface area (TPSA) is 86.7 Å². The number of sulfonamides is 1. The zero-order valence-electron chi connectivity index (χ0n) is 15.8. The fourth-order valence-corrected chi connectivity index (χ4v) is 5.09. The predicted molar refractivity (Wildman–Crippen MR) is 114 cm³/mol. The number of amides is 1. The van der Waals surface area contributed by atoms with Crippen LogP contribution >= 0.6 is 23.2 Å². The highest BCUT2D eigenvalue weighted by Crippen LogP contribution is 2.29. The Bertz CT molecular complexity index is 988. The van der Waals surface area contributed by atoms with Crippen LogP contribution in [-0.4, -0.2) is 38.6 Å². The quantitative estimate of drug-likeness (QED) is 0.714. The lowest BCUT2D eigenvalue weighted by Gasteiger charge is -2.26. The molecule has 0 unspecified atom stereocenters. The lowest BCUT2D eigenvalue weighted by Crippen LogP contribution is -2.38. The van der Waals surface area contributed by atoms with Crippen LogP contribution in [0.1, 0.15) is 36.0 Å². The minimum atomic E-state index is -3.99. The molecule has 156 valence electrons. The van der Waals surface area contributed by atoms with Crippen molar-refractivity contribution < 1.29 is 18.3 Å². The normalized spacial score (nSPS) is 19.6. The number of carbonyl (C=O) groups is 1. The molecule has 2 aromatic rings. The number of anilines is 1. The number of aliphatic hydroxyl groups is 1. The molecule has 1 saturated carbocycles. The summed E-state index contributed by atoms with van der Waals surface area (Å²) in [6.45, 7) is 0. The van der Waals surface area contributed by atoms with Gasteiger partial charge in [-0.2, -0.15) is 0 Å². The molecule has 6 nitrogen and oxygen atoms in total. The number of halogens is 2. The van der Waals surface area contributed by atoms with E-state index >= 15 is 0 Å². The van der Waals surface area contributed by atoms with Gasteiger partial charge in [-0.15, -0.1) is 0 Å². The van der Waals surface area contributed by atoms with Crippen LogP contribution in [0.15, 0.2) is 47.4 Å². The van der Waals surface area contributed by atoms with E-state index in [1.54, 1.807) is 24.3 Å². The first-order valence-electron chi connectivity index (χ1n) is 9.21. The Labute approximate surface area is 180 Å². The van der Waals surface area contributed by atoms with Gasteiger partial charge in [0, 0.05) is 23.7 Å². The lowest BCUT2D eigenvalue weighted by molar-refractivity contribution is 0.0867. The molecule has 0 bridgehead atoms. The first kappa shape index (κ1) is 21.9. The van der Waals surface area contributed by atoms with Crippen molar-refractivity contribution in [2.24, 2.45) is 0 Å². The number of hydrogen-bond acceptors (Lipinski definition) is 4. The Morgan fingerprint density at radius 1 is 1.07 bits per heavy atom. The van der Waals surface area contributed by atoms with Gasteiger partial charge in [0.1, 0.15) is 4.90 Å². The summed E-state index contributed by atoms with van der Waals surface area (Å²) in [4.78, 5) is 12.5.